The van der Waals surface area contributed by atoms with Gasteiger partial charge >= 0.3 is 0 Å². The molecular weight excluding hydrogens is 216 g/mol. The number of hydrogen-bond donors (Lipinski definition) is 1. The van der Waals surface area contributed by atoms with E-state index in [-0.39, 0.29) is 0 Å². The molecule has 17 heavy (non-hydrogen) atoms. The van der Waals surface area contributed by atoms with Crippen LogP contribution in [0.4, 0.5) is 5.82 Å². The summed E-state index contributed by atoms with van der Waals surface area (Å²) in [7, 11) is 0. The molecule has 1 N–H and O–H groups in total. The van der Waals surface area contributed by atoms with Crippen LogP contribution in [-0.2, 0) is 4.74 Å². The fraction of sp³-hybridized carbons (Fsp3) is 0.615. The number of ether oxygens (including phenoxy) is 2. The molecule has 1 fully saturated rings. The number of nitrogens with one attached hydrogen (secondary N) is 1. The smallest absolute Gasteiger partial charge is 0.129 e. The lowest BCUT2D eigenvalue weighted by atomic mass is 10.1. The van der Waals surface area contributed by atoms with Gasteiger partial charge in [0.05, 0.1) is 13.2 Å². The van der Waals surface area contributed by atoms with Gasteiger partial charge in [0.1, 0.15) is 11.6 Å². The van der Waals surface area contributed by atoms with Gasteiger partial charge in [-0.15, -0.1) is 0 Å². The van der Waals surface area contributed by atoms with Crippen LogP contribution >= 0.6 is 0 Å². The number of anilines is 1. The first-order valence-corrected chi connectivity index (χ1v) is 6.29. The lowest BCUT2D eigenvalue weighted by molar-refractivity contribution is 0.167. The van der Waals surface area contributed by atoms with Crippen molar-refractivity contribution in [1.82, 2.24) is 4.98 Å². The second kappa shape index (κ2) is 6.45. The summed E-state index contributed by atoms with van der Waals surface area (Å²) in [5.41, 5.74) is 0. The van der Waals surface area contributed by atoms with Crippen LogP contribution in [0.25, 0.3) is 0 Å². The fourth-order valence-corrected chi connectivity index (χ4v) is 1.78. The third kappa shape index (κ3) is 3.89. The number of aromatic nitrogens is 1. The number of nitrogens with zero attached hydrogens (tertiary/aromatic N) is 1. The second-order valence-corrected chi connectivity index (χ2v) is 4.34. The van der Waals surface area contributed by atoms with Crippen molar-refractivity contribution in [3.05, 3.63) is 18.3 Å². The van der Waals surface area contributed by atoms with Crippen LogP contribution in [0, 0.1) is 5.92 Å². The quantitative estimate of drug-likeness (QED) is 0.823. The van der Waals surface area contributed by atoms with Gasteiger partial charge in [-0.3, -0.25) is 0 Å². The maximum absolute atomic E-state index is 5.75. The molecule has 0 spiro atoms. The Morgan fingerprint density at radius 1 is 1.59 bits per heavy atom. The van der Waals surface area contributed by atoms with Crippen molar-refractivity contribution in [3.63, 3.8) is 0 Å². The Hall–Kier alpha value is -1.29. The minimum absolute atomic E-state index is 0.537. The lowest BCUT2D eigenvalue weighted by Crippen LogP contribution is -2.12. The summed E-state index contributed by atoms with van der Waals surface area (Å²) in [6.07, 6.45) is 3.97. The van der Waals surface area contributed by atoms with Gasteiger partial charge in [0.25, 0.3) is 0 Å². The van der Waals surface area contributed by atoms with Crippen LogP contribution in [0.1, 0.15) is 19.8 Å². The first-order chi connectivity index (χ1) is 8.38. The number of pyridine rings is 1. The van der Waals surface area contributed by atoms with Gasteiger partial charge in [-0.05, 0) is 18.9 Å². The van der Waals surface area contributed by atoms with Crippen LogP contribution in [0.5, 0.6) is 5.75 Å². The zero-order chi connectivity index (χ0) is 11.9. The van der Waals surface area contributed by atoms with Crippen LogP contribution in [-0.4, -0.2) is 31.3 Å². The van der Waals surface area contributed by atoms with Gasteiger partial charge in [-0.2, -0.15) is 0 Å². The zero-order valence-electron chi connectivity index (χ0n) is 10.3. The maximum atomic E-state index is 5.75. The van der Waals surface area contributed by atoms with Crippen LogP contribution in [0.3, 0.4) is 0 Å². The Kier molecular flexibility index (Phi) is 4.62. The highest BCUT2D eigenvalue weighted by molar-refractivity contribution is 5.40. The van der Waals surface area contributed by atoms with Gasteiger partial charge in [-0.25, -0.2) is 4.98 Å². The molecule has 2 heterocycles. The molecule has 0 saturated carbocycles. The molecule has 1 aromatic rings. The Bertz CT molecular complexity index is 338. The Morgan fingerprint density at radius 3 is 3.29 bits per heavy atom. The van der Waals surface area contributed by atoms with Crippen molar-refractivity contribution >= 4 is 5.82 Å². The van der Waals surface area contributed by atoms with Crippen molar-refractivity contribution in [2.45, 2.75) is 19.8 Å². The van der Waals surface area contributed by atoms with E-state index in [4.69, 9.17) is 9.47 Å². The molecule has 0 radical (unpaired) electrons. The molecule has 94 valence electrons. The molecule has 4 nitrogen and oxygen atoms in total. The predicted molar refractivity (Wildman–Crippen MR) is 67.4 cm³/mol. The number of rotatable bonds is 6. The molecule has 0 bridgehead atoms. The SMILES string of the molecule is CCCNc1cc(OCC2CCOC2)ccn1. The summed E-state index contributed by atoms with van der Waals surface area (Å²) in [4.78, 5) is 4.24. The third-order valence-corrected chi connectivity index (χ3v) is 2.80. The molecular formula is C13H20N2O2. The van der Waals surface area contributed by atoms with E-state index in [9.17, 15) is 0 Å². The highest BCUT2D eigenvalue weighted by Gasteiger charge is 2.16. The summed E-state index contributed by atoms with van der Waals surface area (Å²) >= 11 is 0. The van der Waals surface area contributed by atoms with Gasteiger partial charge in [0.2, 0.25) is 0 Å². The van der Waals surface area contributed by atoms with Gasteiger partial charge in [0, 0.05) is 31.3 Å². The van der Waals surface area contributed by atoms with E-state index in [0.717, 1.165) is 50.8 Å². The first-order valence-electron chi connectivity index (χ1n) is 6.29. The van der Waals surface area contributed by atoms with Crippen molar-refractivity contribution in [1.29, 1.82) is 0 Å². The molecule has 0 aliphatic carbocycles. The van der Waals surface area contributed by atoms with Crippen molar-refractivity contribution in [2.75, 3.05) is 31.7 Å². The highest BCUT2D eigenvalue weighted by atomic mass is 16.5. The van der Waals surface area contributed by atoms with E-state index in [1.54, 1.807) is 6.20 Å². The second-order valence-electron chi connectivity index (χ2n) is 4.34. The van der Waals surface area contributed by atoms with E-state index in [1.807, 2.05) is 12.1 Å². The molecule has 0 amide bonds. The first kappa shape index (κ1) is 12.2. The molecule has 0 aromatic carbocycles. The molecule has 1 unspecified atom stereocenters. The Labute approximate surface area is 102 Å². The number of hydrogen-bond acceptors (Lipinski definition) is 4. The van der Waals surface area contributed by atoms with E-state index in [1.165, 1.54) is 0 Å². The summed E-state index contributed by atoms with van der Waals surface area (Å²) < 4.78 is 11.1. The van der Waals surface area contributed by atoms with Crippen molar-refractivity contribution < 1.29 is 9.47 Å². The molecule has 1 aromatic heterocycles. The van der Waals surface area contributed by atoms with Crippen LogP contribution in [0.15, 0.2) is 18.3 Å². The van der Waals surface area contributed by atoms with E-state index in [2.05, 4.69) is 17.2 Å². The zero-order valence-corrected chi connectivity index (χ0v) is 10.3. The topological polar surface area (TPSA) is 43.4 Å². The highest BCUT2D eigenvalue weighted by Crippen LogP contribution is 2.18. The summed E-state index contributed by atoms with van der Waals surface area (Å²) in [6.45, 7) is 5.50. The van der Waals surface area contributed by atoms with Gasteiger partial charge in [-0.1, -0.05) is 6.92 Å². The molecule has 4 heteroatoms. The minimum atomic E-state index is 0.537. The molecule has 1 aliphatic heterocycles. The minimum Gasteiger partial charge on any atom is -0.493 e. The Morgan fingerprint density at radius 2 is 2.53 bits per heavy atom. The monoisotopic (exact) mass is 236 g/mol. The molecule has 2 rings (SSSR count). The van der Waals surface area contributed by atoms with Crippen molar-refractivity contribution in [3.8, 4) is 5.75 Å². The summed E-state index contributed by atoms with van der Waals surface area (Å²) in [6, 6.07) is 3.85. The van der Waals surface area contributed by atoms with E-state index < -0.39 is 0 Å². The third-order valence-electron chi connectivity index (χ3n) is 2.80. The standard InChI is InChI=1S/C13H20N2O2/c1-2-5-14-13-8-12(3-6-15-13)17-10-11-4-7-16-9-11/h3,6,8,11H,2,4-5,7,9-10H2,1H3,(H,14,15). The van der Waals surface area contributed by atoms with E-state index >= 15 is 0 Å². The molecule has 1 atom stereocenters. The van der Waals surface area contributed by atoms with E-state index in [0.29, 0.717) is 5.92 Å². The van der Waals surface area contributed by atoms with Gasteiger partial charge < -0.3 is 14.8 Å². The molecule has 1 aliphatic rings. The average Bonchev–Trinajstić information content (AvgIpc) is 2.87. The summed E-state index contributed by atoms with van der Waals surface area (Å²) in [5, 5.41) is 3.25. The van der Waals surface area contributed by atoms with Crippen LogP contribution < -0.4 is 10.1 Å². The lowest BCUT2D eigenvalue weighted by Gasteiger charge is -2.11. The Balaban J connectivity index is 1.82. The largest absolute Gasteiger partial charge is 0.493 e. The maximum Gasteiger partial charge on any atom is 0.129 e. The predicted octanol–water partition coefficient (Wildman–Crippen LogP) is 2.32. The van der Waals surface area contributed by atoms with Crippen molar-refractivity contribution in [2.24, 2.45) is 5.92 Å². The normalized spacial score (nSPS) is 19.2. The van der Waals surface area contributed by atoms with Crippen LogP contribution in [0.2, 0.25) is 0 Å². The van der Waals surface area contributed by atoms with Gasteiger partial charge in [0.15, 0.2) is 0 Å². The summed E-state index contributed by atoms with van der Waals surface area (Å²) in [5.74, 6) is 2.30. The fourth-order valence-electron chi connectivity index (χ4n) is 1.78. The average molecular weight is 236 g/mol. The molecule has 1 saturated heterocycles.